The predicted molar refractivity (Wildman–Crippen MR) is 96.8 cm³/mol. The Hall–Kier alpha value is -2.67. The highest BCUT2D eigenvalue weighted by molar-refractivity contribution is 6.06. The average Bonchev–Trinajstić information content (AvgIpc) is 3.08. The number of carbonyl (C=O) groups is 2. The van der Waals surface area contributed by atoms with Gasteiger partial charge >= 0.3 is 0 Å². The molecule has 0 bridgehead atoms. The third-order valence-corrected chi connectivity index (χ3v) is 4.22. The van der Waals surface area contributed by atoms with Gasteiger partial charge in [0.05, 0.1) is 17.4 Å². The number of hydrogen-bond acceptors (Lipinski definition) is 4. The van der Waals surface area contributed by atoms with E-state index in [-0.39, 0.29) is 17.9 Å². The van der Waals surface area contributed by atoms with E-state index in [0.717, 1.165) is 31.5 Å². The molecule has 2 amide bonds. The maximum Gasteiger partial charge on any atom is 0.276 e. The van der Waals surface area contributed by atoms with Crippen molar-refractivity contribution in [1.82, 2.24) is 15.1 Å². The zero-order valence-electron chi connectivity index (χ0n) is 14.5. The summed E-state index contributed by atoms with van der Waals surface area (Å²) in [6.07, 6.45) is 4.01. The Morgan fingerprint density at radius 3 is 2.80 bits per heavy atom. The minimum absolute atomic E-state index is 0.187. The van der Waals surface area contributed by atoms with Crippen molar-refractivity contribution in [2.24, 2.45) is 0 Å². The summed E-state index contributed by atoms with van der Waals surface area (Å²) in [4.78, 5) is 23.9. The second-order valence-electron chi connectivity index (χ2n) is 6.37. The van der Waals surface area contributed by atoms with Crippen LogP contribution in [0.2, 0.25) is 0 Å². The molecule has 2 heterocycles. The summed E-state index contributed by atoms with van der Waals surface area (Å²) in [7, 11) is 0. The van der Waals surface area contributed by atoms with E-state index < -0.39 is 0 Å². The highest BCUT2D eigenvalue weighted by Gasteiger charge is 2.18. The van der Waals surface area contributed by atoms with Crippen molar-refractivity contribution in [2.75, 3.05) is 23.7 Å². The third-order valence-electron chi connectivity index (χ3n) is 4.22. The molecule has 1 unspecified atom stereocenters. The third kappa shape index (κ3) is 4.24. The van der Waals surface area contributed by atoms with E-state index in [1.807, 2.05) is 29.9 Å². The molecule has 0 radical (unpaired) electrons. The van der Waals surface area contributed by atoms with Crippen LogP contribution >= 0.6 is 0 Å². The fraction of sp³-hybridized carbons (Fsp3) is 0.389. The Morgan fingerprint density at radius 1 is 1.24 bits per heavy atom. The number of nitrogens with one attached hydrogen (secondary N) is 3. The summed E-state index contributed by atoms with van der Waals surface area (Å²) in [6, 6.07) is 7.48. The van der Waals surface area contributed by atoms with Crippen LogP contribution in [-0.2, 0) is 4.79 Å². The molecule has 0 aliphatic carbocycles. The van der Waals surface area contributed by atoms with Gasteiger partial charge in [-0.2, -0.15) is 5.10 Å². The summed E-state index contributed by atoms with van der Waals surface area (Å²) < 4.78 is 1.85. The summed E-state index contributed by atoms with van der Waals surface area (Å²) >= 11 is 0. The highest BCUT2D eigenvalue weighted by Crippen LogP contribution is 2.24. The smallest absolute Gasteiger partial charge is 0.276 e. The van der Waals surface area contributed by atoms with Gasteiger partial charge in [0.15, 0.2) is 5.69 Å². The molecule has 1 atom stereocenters. The molecule has 0 saturated carbocycles. The average molecular weight is 341 g/mol. The van der Waals surface area contributed by atoms with Gasteiger partial charge in [-0.05, 0) is 50.1 Å². The number of rotatable bonds is 4. The topological polar surface area (TPSA) is 88.0 Å². The normalized spacial score (nSPS) is 17.1. The summed E-state index contributed by atoms with van der Waals surface area (Å²) in [5.41, 5.74) is 2.49. The molecule has 7 nitrogen and oxygen atoms in total. The summed E-state index contributed by atoms with van der Waals surface area (Å²) in [5, 5.41) is 13.3. The first kappa shape index (κ1) is 17.2. The lowest BCUT2D eigenvalue weighted by Gasteiger charge is -2.22. The van der Waals surface area contributed by atoms with E-state index in [1.165, 1.54) is 6.92 Å². The van der Waals surface area contributed by atoms with Crippen molar-refractivity contribution < 1.29 is 9.59 Å². The number of amides is 2. The van der Waals surface area contributed by atoms with Gasteiger partial charge < -0.3 is 16.0 Å². The van der Waals surface area contributed by atoms with Gasteiger partial charge in [0.25, 0.3) is 5.91 Å². The minimum Gasteiger partial charge on any atom is -0.325 e. The first-order chi connectivity index (χ1) is 12.0. The fourth-order valence-corrected chi connectivity index (χ4v) is 2.97. The molecule has 1 aliphatic rings. The number of aryl methyl sites for hydroxylation is 1. The monoisotopic (exact) mass is 341 g/mol. The minimum atomic E-state index is -0.292. The molecule has 1 fully saturated rings. The largest absolute Gasteiger partial charge is 0.325 e. The molecule has 1 aliphatic heterocycles. The first-order valence-corrected chi connectivity index (χ1v) is 8.48. The van der Waals surface area contributed by atoms with Crippen LogP contribution in [0, 0.1) is 6.92 Å². The van der Waals surface area contributed by atoms with E-state index in [9.17, 15) is 9.59 Å². The van der Waals surface area contributed by atoms with Gasteiger partial charge in [-0.1, -0.05) is 6.07 Å². The van der Waals surface area contributed by atoms with Crippen molar-refractivity contribution in [3.63, 3.8) is 0 Å². The molecule has 25 heavy (non-hydrogen) atoms. The molecule has 0 spiro atoms. The molecule has 1 aromatic carbocycles. The SMILES string of the molecule is CC(=O)Nc1ccc(C)cc1NC(=O)c1ccn(C2CCCNC2)n1. The molecule has 2 aromatic rings. The van der Waals surface area contributed by atoms with Crippen LogP contribution in [0.3, 0.4) is 0 Å². The van der Waals surface area contributed by atoms with Crippen LogP contribution in [-0.4, -0.2) is 34.7 Å². The van der Waals surface area contributed by atoms with Gasteiger partial charge in [-0.25, -0.2) is 0 Å². The number of benzene rings is 1. The van der Waals surface area contributed by atoms with Gasteiger partial charge in [0.2, 0.25) is 5.91 Å². The van der Waals surface area contributed by atoms with E-state index in [1.54, 1.807) is 12.1 Å². The van der Waals surface area contributed by atoms with Crippen molar-refractivity contribution in [3.05, 3.63) is 41.7 Å². The van der Waals surface area contributed by atoms with E-state index in [2.05, 4.69) is 21.0 Å². The van der Waals surface area contributed by atoms with Gasteiger partial charge in [-0.15, -0.1) is 0 Å². The van der Waals surface area contributed by atoms with Crippen LogP contribution in [0.15, 0.2) is 30.5 Å². The van der Waals surface area contributed by atoms with Gasteiger partial charge in [0, 0.05) is 19.7 Å². The van der Waals surface area contributed by atoms with Crippen LogP contribution in [0.1, 0.15) is 41.9 Å². The number of piperidine rings is 1. The van der Waals surface area contributed by atoms with Crippen molar-refractivity contribution in [1.29, 1.82) is 0 Å². The summed E-state index contributed by atoms with van der Waals surface area (Å²) in [6.45, 7) is 5.26. The number of hydrogen-bond donors (Lipinski definition) is 3. The lowest BCUT2D eigenvalue weighted by atomic mass is 10.1. The van der Waals surface area contributed by atoms with Gasteiger partial charge in [0.1, 0.15) is 0 Å². The second-order valence-corrected chi connectivity index (χ2v) is 6.37. The molecule has 3 N–H and O–H groups in total. The van der Waals surface area contributed by atoms with Crippen molar-refractivity contribution in [3.8, 4) is 0 Å². The highest BCUT2D eigenvalue weighted by atomic mass is 16.2. The molecule has 7 heteroatoms. The van der Waals surface area contributed by atoms with Crippen molar-refractivity contribution in [2.45, 2.75) is 32.7 Å². The van der Waals surface area contributed by atoms with Crippen LogP contribution in [0.4, 0.5) is 11.4 Å². The molecule has 132 valence electrons. The summed E-state index contributed by atoms with van der Waals surface area (Å²) in [5.74, 6) is -0.479. The second kappa shape index (κ2) is 7.48. The Kier molecular flexibility index (Phi) is 5.14. The maximum atomic E-state index is 12.5. The van der Waals surface area contributed by atoms with E-state index in [0.29, 0.717) is 17.1 Å². The first-order valence-electron chi connectivity index (χ1n) is 8.48. The molecule has 1 aromatic heterocycles. The lowest BCUT2D eigenvalue weighted by molar-refractivity contribution is -0.114. The fourth-order valence-electron chi connectivity index (χ4n) is 2.97. The van der Waals surface area contributed by atoms with E-state index >= 15 is 0 Å². The number of anilines is 2. The van der Waals surface area contributed by atoms with Crippen molar-refractivity contribution >= 4 is 23.2 Å². The van der Waals surface area contributed by atoms with Crippen LogP contribution in [0.5, 0.6) is 0 Å². The Balaban J connectivity index is 1.75. The number of aromatic nitrogens is 2. The van der Waals surface area contributed by atoms with E-state index in [4.69, 9.17) is 0 Å². The van der Waals surface area contributed by atoms with Crippen LogP contribution < -0.4 is 16.0 Å². The predicted octanol–water partition coefficient (Wildman–Crippen LogP) is 2.33. The quantitative estimate of drug-likeness (QED) is 0.796. The molecular formula is C18H23N5O2. The standard InChI is InChI=1S/C18H23N5O2/c1-12-5-6-15(20-13(2)24)17(10-12)21-18(25)16-7-9-23(22-16)14-4-3-8-19-11-14/h5-7,9-10,14,19H,3-4,8,11H2,1-2H3,(H,20,24)(H,21,25). The Labute approximate surface area is 146 Å². The number of carbonyl (C=O) groups excluding carboxylic acids is 2. The van der Waals surface area contributed by atoms with Gasteiger partial charge in [-0.3, -0.25) is 14.3 Å². The molecular weight excluding hydrogens is 318 g/mol. The number of nitrogens with zero attached hydrogens (tertiary/aromatic N) is 2. The lowest BCUT2D eigenvalue weighted by Crippen LogP contribution is -2.32. The molecule has 3 rings (SSSR count). The maximum absolute atomic E-state index is 12.5. The van der Waals surface area contributed by atoms with Crippen LogP contribution in [0.25, 0.3) is 0 Å². The zero-order valence-corrected chi connectivity index (χ0v) is 14.5. The zero-order chi connectivity index (χ0) is 17.8. The molecule has 1 saturated heterocycles. The Bertz CT molecular complexity index is 778. The Morgan fingerprint density at radius 2 is 2.08 bits per heavy atom.